The molecule has 0 spiro atoms. The molecule has 384 valence electrons. The highest BCUT2D eigenvalue weighted by atomic mass is 16.7. The monoisotopic (exact) mass is 974 g/mol. The lowest BCUT2D eigenvalue weighted by atomic mass is 9.79. The predicted octanol–water partition coefficient (Wildman–Crippen LogP) is 8.87. The molecule has 0 radical (unpaired) electrons. The zero-order valence-electron chi connectivity index (χ0n) is 45.3. The molecule has 2 aromatic heterocycles. The van der Waals surface area contributed by atoms with Crippen molar-refractivity contribution in [2.45, 2.75) is 158 Å². The number of β-amino-alcohol motifs (C(OH)–C–C–N with tert-alkyl or cyclic N) is 2. The number of aliphatic imine (C=N–C) groups is 2. The van der Waals surface area contributed by atoms with Gasteiger partial charge in [0.25, 0.3) is 0 Å². The Bertz CT molecular complexity index is 2580. The van der Waals surface area contributed by atoms with Gasteiger partial charge in [-0.1, -0.05) is 69.2 Å². The van der Waals surface area contributed by atoms with Gasteiger partial charge in [0.2, 0.25) is 11.6 Å². The van der Waals surface area contributed by atoms with Crippen molar-refractivity contribution in [3.05, 3.63) is 69.8 Å². The Hall–Kier alpha value is -5.20. The second kappa shape index (κ2) is 19.7. The van der Waals surface area contributed by atoms with Crippen molar-refractivity contribution in [1.82, 2.24) is 35.1 Å². The van der Waals surface area contributed by atoms with Gasteiger partial charge in [-0.2, -0.15) is 10.2 Å². The normalized spacial score (nSPS) is 21.3. The Morgan fingerprint density at radius 2 is 1.13 bits per heavy atom. The van der Waals surface area contributed by atoms with Crippen molar-refractivity contribution in [2.24, 2.45) is 31.0 Å². The minimum Gasteiger partial charge on any atom is -0.395 e. The molecule has 17 nitrogen and oxygen atoms in total. The van der Waals surface area contributed by atoms with Crippen LogP contribution in [0.5, 0.6) is 0 Å². The molecule has 71 heavy (non-hydrogen) atoms. The summed E-state index contributed by atoms with van der Waals surface area (Å²) >= 11 is 0. The van der Waals surface area contributed by atoms with Gasteiger partial charge in [-0.15, -0.1) is 19.8 Å². The minimum absolute atomic E-state index is 0.0300. The van der Waals surface area contributed by atoms with Crippen molar-refractivity contribution >= 4 is 45.6 Å². The summed E-state index contributed by atoms with van der Waals surface area (Å²) in [6.07, 6.45) is 1.96. The third-order valence-electron chi connectivity index (χ3n) is 14.5. The van der Waals surface area contributed by atoms with Crippen LogP contribution in [0.15, 0.2) is 44.5 Å². The molecule has 6 heterocycles. The Kier molecular flexibility index (Phi) is 14.4. The largest absolute Gasteiger partial charge is 0.395 e. The summed E-state index contributed by atoms with van der Waals surface area (Å²) in [6, 6.07) is 8.87. The fourth-order valence-corrected chi connectivity index (χ4v) is 10.8. The van der Waals surface area contributed by atoms with E-state index in [-0.39, 0.29) is 60.5 Å². The Morgan fingerprint density at radius 3 is 1.55 bits per heavy atom. The van der Waals surface area contributed by atoms with E-state index in [9.17, 15) is 10.2 Å². The summed E-state index contributed by atoms with van der Waals surface area (Å²) in [5, 5.41) is 42.7. The number of hydrogen-bond donors (Lipinski definition) is 3. The molecule has 0 bridgehead atoms. The maximum atomic E-state index is 9.93. The van der Waals surface area contributed by atoms with Crippen LogP contribution in [-0.2, 0) is 9.47 Å². The highest BCUT2D eigenvalue weighted by molar-refractivity contribution is 6.51. The third-order valence-corrected chi connectivity index (χ3v) is 14.5. The molecule has 4 aliphatic heterocycles. The van der Waals surface area contributed by atoms with E-state index in [1.807, 2.05) is 6.92 Å². The predicted molar refractivity (Wildman–Crippen MR) is 284 cm³/mol. The van der Waals surface area contributed by atoms with Crippen molar-refractivity contribution in [3.8, 4) is 0 Å². The fraction of sp³-hybridized carbons (Fsp3) is 0.630. The van der Waals surface area contributed by atoms with Gasteiger partial charge in [0, 0.05) is 64.8 Å². The van der Waals surface area contributed by atoms with Crippen LogP contribution in [0.25, 0.3) is 0 Å². The lowest BCUT2D eigenvalue weighted by molar-refractivity contribution is -0.0631. The molecule has 0 fully saturated rings. The number of fused-ring (bicyclic) bond motifs is 4. The number of benzene rings is 2. The summed E-state index contributed by atoms with van der Waals surface area (Å²) in [4.78, 5) is 28.5. The molecule has 0 amide bonds. The molecular weight excluding hydrogens is 895 g/mol. The van der Waals surface area contributed by atoms with Crippen LogP contribution in [0, 0.1) is 24.7 Å². The summed E-state index contributed by atoms with van der Waals surface area (Å²) in [7, 11) is 0. The standard InChI is InChI=1S/C54H79N13O4/c1-31-21-41-37(33(3)25-53(13,14)64(41)17-19-68)23-39(31)56-43-45(51(7,8)9)60-66-49(43)58-47(62-66)35(5)27-55-29-71-30-70-28-36(6)48-59-50-44(46(52(10,11)12)61-67(50)63-48)57-40-24-38-34(4)26-54(15,16)65(18-20-69)42(38)22-32(40)2/h21-24,33-36,55,68-69H,17-20,25-30H2,1-16H3. The maximum Gasteiger partial charge on any atom is 0.204 e. The zero-order valence-corrected chi connectivity index (χ0v) is 45.3. The van der Waals surface area contributed by atoms with Crippen LogP contribution < -0.4 is 15.1 Å². The first kappa shape index (κ1) is 52.1. The van der Waals surface area contributed by atoms with Gasteiger partial charge in [-0.25, -0.2) is 20.0 Å². The van der Waals surface area contributed by atoms with E-state index >= 15 is 0 Å². The zero-order chi connectivity index (χ0) is 51.5. The van der Waals surface area contributed by atoms with Crippen LogP contribution in [0.1, 0.15) is 179 Å². The molecule has 4 aromatic rings. The van der Waals surface area contributed by atoms with E-state index in [0.29, 0.717) is 61.4 Å². The number of nitrogens with zero attached hydrogens (tertiary/aromatic N) is 12. The van der Waals surface area contributed by atoms with Crippen LogP contribution in [0.2, 0.25) is 0 Å². The summed E-state index contributed by atoms with van der Waals surface area (Å²) in [6.45, 7) is 37.4. The average molecular weight is 974 g/mol. The third kappa shape index (κ3) is 10.4. The topological polar surface area (TPSA) is 188 Å². The number of rotatable bonds is 16. The quantitative estimate of drug-likeness (QED) is 0.0719. The van der Waals surface area contributed by atoms with Crippen LogP contribution in [0.3, 0.4) is 0 Å². The van der Waals surface area contributed by atoms with Crippen molar-refractivity contribution in [1.29, 1.82) is 0 Å². The van der Waals surface area contributed by atoms with Crippen LogP contribution in [0.4, 0.5) is 22.7 Å². The molecule has 4 atom stereocenters. The van der Waals surface area contributed by atoms with Gasteiger partial charge < -0.3 is 29.5 Å². The van der Waals surface area contributed by atoms with Gasteiger partial charge in [0.1, 0.15) is 18.2 Å². The van der Waals surface area contributed by atoms with E-state index in [1.165, 1.54) is 22.5 Å². The average Bonchev–Trinajstić information content (AvgIpc) is 4.05. The van der Waals surface area contributed by atoms with E-state index in [0.717, 1.165) is 58.2 Å². The highest BCUT2D eigenvalue weighted by Crippen LogP contribution is 2.47. The minimum atomic E-state index is -0.292. The molecule has 17 heteroatoms. The first-order chi connectivity index (χ1) is 33.3. The SMILES string of the molecule is Cc1cc2c(cc1N=C1C(C(C)(C)C)=Nn3nc(C(C)CNCOCOCC(C)c4nc5n(n4)N=C(C(C)(C)C)C5=Nc4cc5c(cc4C)N(CCO)C(C)(C)CC5C)nc31)C(C)CC(C)(C)N2CCO. The number of hydrogen-bond acceptors (Lipinski definition) is 15. The number of ether oxygens (including phenoxy) is 2. The van der Waals surface area contributed by atoms with E-state index < -0.39 is 0 Å². The van der Waals surface area contributed by atoms with Gasteiger partial charge >= 0.3 is 0 Å². The molecule has 4 aliphatic rings. The second-order valence-electron chi connectivity index (χ2n) is 23.8. The van der Waals surface area contributed by atoms with Gasteiger partial charge in [-0.3, -0.25) is 5.32 Å². The number of nitrogens with one attached hydrogen (secondary N) is 1. The Balaban J connectivity index is 0.879. The van der Waals surface area contributed by atoms with Gasteiger partial charge in [-0.05, 0) is 113 Å². The first-order valence-electron chi connectivity index (χ1n) is 25.6. The van der Waals surface area contributed by atoms with E-state index in [2.05, 4.69) is 143 Å². The van der Waals surface area contributed by atoms with Crippen LogP contribution in [-0.4, -0.2) is 127 Å². The smallest absolute Gasteiger partial charge is 0.204 e. The van der Waals surface area contributed by atoms with Crippen molar-refractivity contribution in [2.75, 3.05) is 62.8 Å². The second-order valence-corrected chi connectivity index (χ2v) is 23.8. The molecule has 4 unspecified atom stereocenters. The summed E-state index contributed by atoms with van der Waals surface area (Å²) in [5.41, 5.74) is 11.1. The van der Waals surface area contributed by atoms with E-state index in [4.69, 9.17) is 49.8 Å². The highest BCUT2D eigenvalue weighted by Gasteiger charge is 2.40. The lowest BCUT2D eigenvalue weighted by Gasteiger charge is -2.47. The van der Waals surface area contributed by atoms with Gasteiger partial charge in [0.15, 0.2) is 11.6 Å². The van der Waals surface area contributed by atoms with E-state index in [1.54, 1.807) is 9.58 Å². The number of aliphatic hydroxyl groups excluding tert-OH is 2. The molecule has 0 saturated carbocycles. The Morgan fingerprint density at radius 1 is 0.690 bits per heavy atom. The molecule has 0 aliphatic carbocycles. The van der Waals surface area contributed by atoms with Crippen molar-refractivity contribution in [3.63, 3.8) is 0 Å². The summed E-state index contributed by atoms with van der Waals surface area (Å²) in [5.74, 6) is 3.09. The molecule has 0 saturated heterocycles. The number of anilines is 2. The van der Waals surface area contributed by atoms with Crippen molar-refractivity contribution < 1.29 is 19.7 Å². The number of aromatic nitrogens is 6. The number of aryl methyl sites for hydroxylation is 2. The molecular formula is C54H79N13O4. The number of aliphatic hydroxyl groups is 2. The molecule has 3 N–H and O–H groups in total. The first-order valence-corrected chi connectivity index (χ1v) is 25.6. The molecule has 8 rings (SSSR count). The fourth-order valence-electron chi connectivity index (χ4n) is 10.8. The Labute approximate surface area is 421 Å². The van der Waals surface area contributed by atoms with Gasteiger partial charge in [0.05, 0.1) is 49.3 Å². The van der Waals surface area contributed by atoms with Crippen LogP contribution >= 0.6 is 0 Å². The summed E-state index contributed by atoms with van der Waals surface area (Å²) < 4.78 is 11.8. The maximum absolute atomic E-state index is 9.93. The molecule has 2 aromatic carbocycles. The lowest BCUT2D eigenvalue weighted by Crippen LogP contribution is -2.49.